The Hall–Kier alpha value is -4.58. The van der Waals surface area contributed by atoms with Crippen LogP contribution in [-0.4, -0.2) is 65.9 Å². The van der Waals surface area contributed by atoms with Gasteiger partial charge >= 0.3 is 12.0 Å². The summed E-state index contributed by atoms with van der Waals surface area (Å²) in [6, 6.07) is 13.2. The highest BCUT2D eigenvalue weighted by molar-refractivity contribution is 6.11. The fourth-order valence-corrected chi connectivity index (χ4v) is 4.87. The molecule has 1 aromatic heterocycles. The monoisotopic (exact) mass is 593 g/mol. The predicted molar refractivity (Wildman–Crippen MR) is 155 cm³/mol. The highest BCUT2D eigenvalue weighted by atomic mass is 19.1. The number of hydrogen-bond donors (Lipinski definition) is 2. The molecule has 0 atom stereocenters. The molecule has 0 bridgehead atoms. The standard InChI is InChI=1S/C31H33F2N5O5/c1-37-14-9-21(10-15-37)38(2)30(41)36-27-16-22(8-13-34-27)43-26-18-23(32)25(17-24(26)33)35-28(39)31(11-12-31)29(40)42-19-20-6-4-3-5-7-20/h3-8,13,16-18,21H,9-12,14-15,19H2,1-2H3,(H,35,39)(H,34,36,41). The molecular weight excluding hydrogens is 560 g/mol. The summed E-state index contributed by atoms with van der Waals surface area (Å²) in [6.07, 6.45) is 3.57. The minimum Gasteiger partial charge on any atom is -0.460 e. The molecule has 10 nitrogen and oxygen atoms in total. The third-order valence-corrected chi connectivity index (χ3v) is 7.81. The smallest absolute Gasteiger partial charge is 0.323 e. The minimum atomic E-state index is -1.44. The molecule has 1 aliphatic carbocycles. The highest BCUT2D eigenvalue weighted by Gasteiger charge is 2.58. The van der Waals surface area contributed by atoms with Gasteiger partial charge in [0.15, 0.2) is 17.4 Å². The minimum absolute atomic E-state index is 0.000829. The van der Waals surface area contributed by atoms with E-state index in [9.17, 15) is 23.2 Å². The molecule has 43 heavy (non-hydrogen) atoms. The maximum Gasteiger partial charge on any atom is 0.323 e. The number of pyridine rings is 1. The van der Waals surface area contributed by atoms with Crippen LogP contribution in [0.1, 0.15) is 31.2 Å². The number of benzene rings is 2. The molecule has 12 heteroatoms. The van der Waals surface area contributed by atoms with E-state index in [0.29, 0.717) is 0 Å². The third-order valence-electron chi connectivity index (χ3n) is 7.81. The number of urea groups is 1. The Morgan fingerprint density at radius 3 is 2.44 bits per heavy atom. The number of anilines is 2. The fourth-order valence-electron chi connectivity index (χ4n) is 4.87. The van der Waals surface area contributed by atoms with Crippen LogP contribution < -0.4 is 15.4 Å². The molecule has 5 rings (SSSR count). The zero-order valence-electron chi connectivity index (χ0n) is 23.9. The van der Waals surface area contributed by atoms with E-state index in [1.54, 1.807) is 36.2 Å². The lowest BCUT2D eigenvalue weighted by atomic mass is 10.0. The molecule has 3 aromatic rings. The summed E-state index contributed by atoms with van der Waals surface area (Å²) in [5, 5.41) is 5.03. The molecule has 0 spiro atoms. The van der Waals surface area contributed by atoms with E-state index in [1.165, 1.54) is 18.3 Å². The van der Waals surface area contributed by atoms with Gasteiger partial charge in [0.05, 0.1) is 5.69 Å². The molecule has 226 valence electrons. The van der Waals surface area contributed by atoms with E-state index in [1.807, 2.05) is 13.1 Å². The van der Waals surface area contributed by atoms with Crippen LogP contribution in [0.25, 0.3) is 0 Å². The number of amides is 3. The average molecular weight is 594 g/mol. The van der Waals surface area contributed by atoms with Gasteiger partial charge in [0.2, 0.25) is 5.91 Å². The fraction of sp³-hybridized carbons (Fsp3) is 0.355. The van der Waals surface area contributed by atoms with Crippen LogP contribution in [-0.2, 0) is 20.9 Å². The van der Waals surface area contributed by atoms with E-state index in [-0.39, 0.29) is 43.1 Å². The number of carbonyl (C=O) groups excluding carboxylic acids is 3. The van der Waals surface area contributed by atoms with Crippen LogP contribution in [0.15, 0.2) is 60.8 Å². The van der Waals surface area contributed by atoms with Gasteiger partial charge in [-0.25, -0.2) is 18.6 Å². The number of piperidine rings is 1. The maximum absolute atomic E-state index is 15.0. The van der Waals surface area contributed by atoms with Gasteiger partial charge in [-0.1, -0.05) is 30.3 Å². The molecule has 2 fully saturated rings. The summed E-state index contributed by atoms with van der Waals surface area (Å²) in [7, 11) is 3.77. The summed E-state index contributed by atoms with van der Waals surface area (Å²) in [5.41, 5.74) is -1.11. The van der Waals surface area contributed by atoms with Crippen molar-refractivity contribution in [3.8, 4) is 11.5 Å². The van der Waals surface area contributed by atoms with Gasteiger partial charge in [0, 0.05) is 37.5 Å². The first kappa shape index (κ1) is 29.9. The number of nitrogens with one attached hydrogen (secondary N) is 2. The number of ether oxygens (including phenoxy) is 2. The molecule has 1 aliphatic heterocycles. The summed E-state index contributed by atoms with van der Waals surface area (Å²) in [4.78, 5) is 46.3. The van der Waals surface area contributed by atoms with Crippen LogP contribution >= 0.6 is 0 Å². The van der Waals surface area contributed by atoms with E-state index in [4.69, 9.17) is 9.47 Å². The SMILES string of the molecule is CN1CCC(N(C)C(=O)Nc2cc(Oc3cc(F)c(NC(=O)C4(C(=O)OCc5ccccc5)CC4)cc3F)ccn2)CC1. The maximum atomic E-state index is 15.0. The molecule has 1 saturated heterocycles. The van der Waals surface area contributed by atoms with Gasteiger partial charge in [0.1, 0.15) is 23.6 Å². The first-order valence-electron chi connectivity index (χ1n) is 14.0. The molecule has 0 radical (unpaired) electrons. The van der Waals surface area contributed by atoms with Crippen LogP contribution in [0.3, 0.4) is 0 Å². The van der Waals surface area contributed by atoms with E-state index in [2.05, 4.69) is 20.5 Å². The van der Waals surface area contributed by atoms with Crippen molar-refractivity contribution in [3.05, 3.63) is 78.0 Å². The third kappa shape index (κ3) is 7.08. The zero-order chi connectivity index (χ0) is 30.6. The Balaban J connectivity index is 1.19. The lowest BCUT2D eigenvalue weighted by Gasteiger charge is -2.34. The number of carbonyl (C=O) groups is 3. The lowest BCUT2D eigenvalue weighted by molar-refractivity contribution is -0.154. The number of likely N-dealkylation sites (tertiary alicyclic amines) is 1. The average Bonchev–Trinajstić information content (AvgIpc) is 3.82. The van der Waals surface area contributed by atoms with Crippen LogP contribution in [0.5, 0.6) is 11.5 Å². The Morgan fingerprint density at radius 2 is 1.74 bits per heavy atom. The normalized spacial score (nSPS) is 16.2. The lowest BCUT2D eigenvalue weighted by Crippen LogP contribution is -2.46. The van der Waals surface area contributed by atoms with Crippen LogP contribution in [0, 0.1) is 17.0 Å². The summed E-state index contributed by atoms with van der Waals surface area (Å²) >= 11 is 0. The van der Waals surface area contributed by atoms with Crippen molar-refractivity contribution in [3.63, 3.8) is 0 Å². The van der Waals surface area contributed by atoms with Gasteiger partial charge in [-0.2, -0.15) is 0 Å². The molecule has 2 N–H and O–H groups in total. The summed E-state index contributed by atoms with van der Waals surface area (Å²) in [6.45, 7) is 1.80. The van der Waals surface area contributed by atoms with Crippen molar-refractivity contribution < 1.29 is 32.6 Å². The Labute approximate surface area is 248 Å². The van der Waals surface area contributed by atoms with Gasteiger partial charge in [-0.05, 0) is 57.5 Å². The largest absolute Gasteiger partial charge is 0.460 e. The van der Waals surface area contributed by atoms with Gasteiger partial charge in [-0.15, -0.1) is 0 Å². The number of aromatic nitrogens is 1. The molecular formula is C31H33F2N5O5. The second kappa shape index (κ2) is 12.7. The zero-order valence-corrected chi connectivity index (χ0v) is 23.9. The second-order valence-electron chi connectivity index (χ2n) is 10.9. The summed E-state index contributed by atoms with van der Waals surface area (Å²) < 4.78 is 40.8. The molecule has 0 unspecified atom stereocenters. The first-order chi connectivity index (χ1) is 20.6. The van der Waals surface area contributed by atoms with Crippen molar-refractivity contribution in [2.45, 2.75) is 38.3 Å². The van der Waals surface area contributed by atoms with Crippen molar-refractivity contribution >= 4 is 29.4 Å². The van der Waals surface area contributed by atoms with E-state index < -0.39 is 40.4 Å². The van der Waals surface area contributed by atoms with Crippen LogP contribution in [0.2, 0.25) is 0 Å². The molecule has 2 aliphatic rings. The van der Waals surface area contributed by atoms with Gasteiger partial charge in [-0.3, -0.25) is 14.9 Å². The van der Waals surface area contributed by atoms with Crippen molar-refractivity contribution in [2.24, 2.45) is 5.41 Å². The predicted octanol–water partition coefficient (Wildman–Crippen LogP) is 5.17. The second-order valence-corrected chi connectivity index (χ2v) is 10.9. The van der Waals surface area contributed by atoms with Crippen molar-refractivity contribution in [1.82, 2.24) is 14.8 Å². The first-order valence-corrected chi connectivity index (χ1v) is 14.0. The number of halogens is 2. The molecule has 3 amide bonds. The Bertz CT molecular complexity index is 1490. The summed E-state index contributed by atoms with van der Waals surface area (Å²) in [5.74, 6) is -3.53. The quantitative estimate of drug-likeness (QED) is 0.260. The topological polar surface area (TPSA) is 113 Å². The number of hydrogen-bond acceptors (Lipinski definition) is 7. The van der Waals surface area contributed by atoms with Crippen LogP contribution in [0.4, 0.5) is 25.1 Å². The number of nitrogens with zero attached hydrogens (tertiary/aromatic N) is 3. The Morgan fingerprint density at radius 1 is 1.02 bits per heavy atom. The highest BCUT2D eigenvalue weighted by Crippen LogP contribution is 2.48. The van der Waals surface area contributed by atoms with Crippen molar-refractivity contribution in [2.75, 3.05) is 37.8 Å². The van der Waals surface area contributed by atoms with E-state index in [0.717, 1.165) is 43.6 Å². The molecule has 2 heterocycles. The van der Waals surface area contributed by atoms with Crippen molar-refractivity contribution in [1.29, 1.82) is 0 Å². The number of rotatable bonds is 9. The molecule has 1 saturated carbocycles. The van der Waals surface area contributed by atoms with E-state index >= 15 is 0 Å². The van der Waals surface area contributed by atoms with Gasteiger partial charge in [0.25, 0.3) is 0 Å². The number of esters is 1. The molecule has 2 aromatic carbocycles. The van der Waals surface area contributed by atoms with Gasteiger partial charge < -0.3 is 24.6 Å². The Kier molecular flexibility index (Phi) is 8.86.